The maximum absolute atomic E-state index is 3.45. The van der Waals surface area contributed by atoms with E-state index in [-0.39, 0.29) is 11.1 Å². The molecule has 0 aromatic carbocycles. The third-order valence-electron chi connectivity index (χ3n) is 1.99. The van der Waals surface area contributed by atoms with Crippen molar-refractivity contribution in [2.24, 2.45) is 0 Å². The van der Waals surface area contributed by atoms with Gasteiger partial charge in [0, 0.05) is 5.54 Å². The quantitative estimate of drug-likeness (QED) is 0.596. The molecule has 1 N–H and O–H groups in total. The molecule has 0 heterocycles. The minimum absolute atomic E-state index is 0.208. The second-order valence-corrected chi connectivity index (χ2v) is 5.45. The molecule has 0 radical (unpaired) electrons. The van der Waals surface area contributed by atoms with Gasteiger partial charge in [0.15, 0.2) is 7.98 Å². The van der Waals surface area contributed by atoms with Crippen LogP contribution in [0.3, 0.4) is 0 Å². The van der Waals surface area contributed by atoms with Gasteiger partial charge in [-0.05, 0) is 47.1 Å². The molecule has 70 valence electrons. The van der Waals surface area contributed by atoms with E-state index in [2.05, 4.69) is 59.5 Å². The van der Waals surface area contributed by atoms with E-state index in [1.54, 1.807) is 0 Å². The van der Waals surface area contributed by atoms with E-state index in [1.807, 2.05) is 0 Å². The van der Waals surface area contributed by atoms with Gasteiger partial charge in [0.25, 0.3) is 7.55 Å². The van der Waals surface area contributed by atoms with Gasteiger partial charge < -0.3 is 9.95 Å². The predicted molar refractivity (Wildman–Crippen MR) is 60.2 cm³/mol. The number of nitrogens with zero attached hydrogens (tertiary/aromatic N) is 1. The van der Waals surface area contributed by atoms with Crippen molar-refractivity contribution in [3.8, 4) is 0 Å². The Morgan fingerprint density at radius 1 is 1.08 bits per heavy atom. The molecule has 0 aliphatic carbocycles. The van der Waals surface area contributed by atoms with Crippen LogP contribution in [0.4, 0.5) is 0 Å². The summed E-state index contributed by atoms with van der Waals surface area (Å²) in [5, 5.41) is 3.45. The molecule has 2 nitrogen and oxygen atoms in total. The Kier molecular flexibility index (Phi) is 3.86. The zero-order chi connectivity index (χ0) is 9.99. The van der Waals surface area contributed by atoms with Crippen LogP contribution in [0.1, 0.15) is 41.5 Å². The standard InChI is InChI=1S/C8H22B2N2/c1-7(2,3)11-10-12(9)8(4,5)6/h10-11H,9H2,1-6H3. The minimum atomic E-state index is 0.208. The van der Waals surface area contributed by atoms with E-state index in [0.29, 0.717) is 0 Å². The van der Waals surface area contributed by atoms with Gasteiger partial charge in [-0.1, -0.05) is 0 Å². The topological polar surface area (TPSA) is 15.3 Å². The van der Waals surface area contributed by atoms with E-state index in [0.717, 1.165) is 7.55 Å². The summed E-state index contributed by atoms with van der Waals surface area (Å²) < 4.78 is 2.30. The molecular formula is C8H22B2N2. The molecule has 0 rings (SSSR count). The molecule has 0 bridgehead atoms. The van der Waals surface area contributed by atoms with Crippen LogP contribution in [0, 0.1) is 0 Å². The SMILES string of the molecule is BN(BNC(C)(C)C)C(C)(C)C. The fraction of sp³-hybridized carbons (Fsp3) is 1.00. The van der Waals surface area contributed by atoms with Crippen LogP contribution in [0.2, 0.25) is 0 Å². The van der Waals surface area contributed by atoms with Gasteiger partial charge in [0.1, 0.15) is 0 Å². The Labute approximate surface area is 78.8 Å². The summed E-state index contributed by atoms with van der Waals surface area (Å²) in [7, 11) is 3.08. The summed E-state index contributed by atoms with van der Waals surface area (Å²) >= 11 is 0. The first-order chi connectivity index (χ1) is 5.13. The van der Waals surface area contributed by atoms with Crippen LogP contribution in [0.5, 0.6) is 0 Å². The lowest BCUT2D eigenvalue weighted by molar-refractivity contribution is 0.368. The van der Waals surface area contributed by atoms with E-state index < -0.39 is 0 Å². The Morgan fingerprint density at radius 2 is 1.50 bits per heavy atom. The molecule has 0 aliphatic heterocycles. The Bertz CT molecular complexity index is 135. The zero-order valence-corrected chi connectivity index (χ0v) is 9.65. The van der Waals surface area contributed by atoms with Crippen molar-refractivity contribution in [3.63, 3.8) is 0 Å². The number of hydrogen-bond acceptors (Lipinski definition) is 2. The number of rotatable bonds is 2. The fourth-order valence-electron chi connectivity index (χ4n) is 0.593. The smallest absolute Gasteiger partial charge is 0.277 e. The third-order valence-corrected chi connectivity index (χ3v) is 1.99. The van der Waals surface area contributed by atoms with Gasteiger partial charge in [-0.2, -0.15) is 0 Å². The molecule has 0 unspecified atom stereocenters. The van der Waals surface area contributed by atoms with E-state index >= 15 is 0 Å². The monoisotopic (exact) mass is 168 g/mol. The molecule has 4 heteroatoms. The Morgan fingerprint density at radius 3 is 1.75 bits per heavy atom. The van der Waals surface area contributed by atoms with Gasteiger partial charge in [-0.25, -0.2) is 0 Å². The largest absolute Gasteiger partial charge is 0.374 e. The van der Waals surface area contributed by atoms with Crippen molar-refractivity contribution in [2.75, 3.05) is 0 Å². The molecule has 0 saturated heterocycles. The predicted octanol–water partition coefficient (Wildman–Crippen LogP) is 0.290. The molecule has 0 aliphatic rings. The molecule has 0 fully saturated rings. The molecular weight excluding hydrogens is 146 g/mol. The highest BCUT2D eigenvalue weighted by Crippen LogP contribution is 2.08. The highest BCUT2D eigenvalue weighted by atomic mass is 15.1. The van der Waals surface area contributed by atoms with E-state index in [9.17, 15) is 0 Å². The first kappa shape index (κ1) is 12.0. The first-order valence-corrected chi connectivity index (χ1v) is 4.59. The van der Waals surface area contributed by atoms with Crippen molar-refractivity contribution in [1.82, 2.24) is 9.95 Å². The Hall–Kier alpha value is 0.0499. The molecule has 0 aromatic heterocycles. The van der Waals surface area contributed by atoms with Crippen LogP contribution in [-0.2, 0) is 0 Å². The van der Waals surface area contributed by atoms with Crippen molar-refractivity contribution >= 4 is 15.5 Å². The molecule has 0 amide bonds. The van der Waals surface area contributed by atoms with Gasteiger partial charge in [0.2, 0.25) is 0 Å². The molecule has 0 atom stereocenters. The lowest BCUT2D eigenvalue weighted by Crippen LogP contribution is -2.52. The van der Waals surface area contributed by atoms with Crippen molar-refractivity contribution in [1.29, 1.82) is 0 Å². The van der Waals surface area contributed by atoms with Crippen LogP contribution in [0.15, 0.2) is 0 Å². The molecule has 12 heavy (non-hydrogen) atoms. The molecule has 0 spiro atoms. The summed E-state index contributed by atoms with van der Waals surface area (Å²) in [6.07, 6.45) is 0. The lowest BCUT2D eigenvalue weighted by Gasteiger charge is -2.34. The average molecular weight is 168 g/mol. The normalized spacial score (nSPS) is 13.6. The highest BCUT2D eigenvalue weighted by Gasteiger charge is 2.19. The minimum Gasteiger partial charge on any atom is -0.374 e. The van der Waals surface area contributed by atoms with E-state index in [4.69, 9.17) is 0 Å². The Balaban J connectivity index is 3.80. The van der Waals surface area contributed by atoms with Gasteiger partial charge in [0.05, 0.1) is 0 Å². The van der Waals surface area contributed by atoms with Crippen LogP contribution >= 0.6 is 0 Å². The summed E-state index contributed by atoms with van der Waals surface area (Å²) in [6, 6.07) is 0. The maximum atomic E-state index is 3.45. The molecule has 0 aromatic rings. The number of nitrogens with one attached hydrogen (secondary N) is 1. The van der Waals surface area contributed by atoms with Crippen molar-refractivity contribution < 1.29 is 0 Å². The average Bonchev–Trinajstić information content (AvgIpc) is 1.78. The van der Waals surface area contributed by atoms with Gasteiger partial charge in [-0.15, -0.1) is 0 Å². The summed E-state index contributed by atoms with van der Waals surface area (Å²) in [6.45, 7) is 13.2. The first-order valence-electron chi connectivity index (χ1n) is 4.59. The number of hydrogen-bond donors (Lipinski definition) is 1. The summed E-state index contributed by atoms with van der Waals surface area (Å²) in [5.41, 5.74) is 0.456. The second-order valence-electron chi connectivity index (χ2n) is 5.45. The van der Waals surface area contributed by atoms with Crippen LogP contribution in [-0.4, -0.2) is 31.3 Å². The maximum Gasteiger partial charge on any atom is 0.277 e. The van der Waals surface area contributed by atoms with Gasteiger partial charge >= 0.3 is 0 Å². The lowest BCUT2D eigenvalue weighted by atomic mass is 9.87. The highest BCUT2D eigenvalue weighted by molar-refractivity contribution is 6.39. The van der Waals surface area contributed by atoms with Crippen LogP contribution in [0.25, 0.3) is 0 Å². The third kappa shape index (κ3) is 5.67. The van der Waals surface area contributed by atoms with E-state index in [1.165, 1.54) is 0 Å². The molecule has 0 saturated carbocycles. The second kappa shape index (κ2) is 3.84. The van der Waals surface area contributed by atoms with Crippen molar-refractivity contribution in [3.05, 3.63) is 0 Å². The summed E-state index contributed by atoms with van der Waals surface area (Å²) in [5.74, 6) is 0. The van der Waals surface area contributed by atoms with Crippen molar-refractivity contribution in [2.45, 2.75) is 52.6 Å². The van der Waals surface area contributed by atoms with Crippen LogP contribution < -0.4 is 5.23 Å². The van der Waals surface area contributed by atoms with Gasteiger partial charge in [-0.3, -0.25) is 0 Å². The zero-order valence-electron chi connectivity index (χ0n) is 9.65. The fourth-order valence-corrected chi connectivity index (χ4v) is 0.593. The summed E-state index contributed by atoms with van der Waals surface area (Å²) in [4.78, 5) is 0.